The monoisotopic (exact) mass is 243 g/mol. The number of β-amino-alcohol motifs (C(OH)–C–C–N with tert-alkyl or cyclic N) is 1. The molecule has 4 heteroatoms. The lowest BCUT2D eigenvalue weighted by atomic mass is 9.84. The molecule has 100 valence electrons. The minimum Gasteiger partial charge on any atom is -0.480 e. The van der Waals surface area contributed by atoms with E-state index in [9.17, 15) is 15.0 Å². The van der Waals surface area contributed by atoms with E-state index in [4.69, 9.17) is 0 Å². The van der Waals surface area contributed by atoms with E-state index in [0.717, 1.165) is 32.1 Å². The van der Waals surface area contributed by atoms with Crippen LogP contribution < -0.4 is 5.32 Å². The number of hydrogen-bond donors (Lipinski definition) is 3. The molecule has 1 rings (SSSR count). The Hall–Kier alpha value is -0.610. The summed E-state index contributed by atoms with van der Waals surface area (Å²) in [6, 6.07) is 0. The van der Waals surface area contributed by atoms with Crippen LogP contribution in [0.4, 0.5) is 0 Å². The smallest absolute Gasteiger partial charge is 0.323 e. The molecule has 1 aliphatic rings. The second-order valence-electron chi connectivity index (χ2n) is 5.53. The van der Waals surface area contributed by atoms with Gasteiger partial charge in [0.25, 0.3) is 0 Å². The fourth-order valence-electron chi connectivity index (χ4n) is 2.52. The summed E-state index contributed by atoms with van der Waals surface area (Å²) in [6.07, 6.45) is 6.20. The van der Waals surface area contributed by atoms with E-state index in [-0.39, 0.29) is 0 Å². The highest BCUT2D eigenvalue weighted by molar-refractivity contribution is 5.78. The Kier molecular flexibility index (Phi) is 4.95. The molecule has 0 aromatic rings. The quantitative estimate of drug-likeness (QED) is 0.666. The van der Waals surface area contributed by atoms with Crippen LogP contribution in [0.3, 0.4) is 0 Å². The van der Waals surface area contributed by atoms with Crippen molar-refractivity contribution in [2.45, 2.75) is 69.9 Å². The van der Waals surface area contributed by atoms with Crippen LogP contribution in [0.5, 0.6) is 0 Å². The number of nitrogens with one attached hydrogen (secondary N) is 1. The molecule has 1 saturated carbocycles. The number of hydrogen-bond acceptors (Lipinski definition) is 3. The number of aliphatic carboxylic acids is 1. The number of rotatable bonds is 6. The maximum Gasteiger partial charge on any atom is 0.323 e. The summed E-state index contributed by atoms with van der Waals surface area (Å²) in [5.41, 5.74) is -1.62. The third-order valence-electron chi connectivity index (χ3n) is 3.81. The van der Waals surface area contributed by atoms with E-state index in [1.54, 1.807) is 6.92 Å². The van der Waals surface area contributed by atoms with Gasteiger partial charge in [0.1, 0.15) is 5.54 Å². The Morgan fingerprint density at radius 1 is 1.35 bits per heavy atom. The molecule has 0 amide bonds. The molecule has 0 aromatic heterocycles. The number of carboxylic acids is 1. The van der Waals surface area contributed by atoms with Crippen LogP contribution in [-0.4, -0.2) is 33.9 Å². The van der Waals surface area contributed by atoms with Gasteiger partial charge in [0.15, 0.2) is 0 Å². The van der Waals surface area contributed by atoms with Crippen LogP contribution >= 0.6 is 0 Å². The third-order valence-corrected chi connectivity index (χ3v) is 3.81. The Balaban J connectivity index is 2.53. The third kappa shape index (κ3) is 3.96. The van der Waals surface area contributed by atoms with Crippen LogP contribution in [0.2, 0.25) is 0 Å². The van der Waals surface area contributed by atoms with E-state index in [1.165, 1.54) is 6.42 Å². The Bertz CT molecular complexity index is 261. The van der Waals surface area contributed by atoms with Crippen molar-refractivity contribution in [1.29, 1.82) is 0 Å². The van der Waals surface area contributed by atoms with E-state index in [1.807, 2.05) is 6.92 Å². The Morgan fingerprint density at radius 3 is 2.41 bits per heavy atom. The standard InChI is InChI=1S/C13H25NO3/c1-3-7-12(2,11(15)16)14-10-13(17)8-5-4-6-9-13/h14,17H,3-10H2,1-2H3,(H,15,16). The van der Waals surface area contributed by atoms with Crippen molar-refractivity contribution in [1.82, 2.24) is 5.32 Å². The van der Waals surface area contributed by atoms with Gasteiger partial charge in [0.2, 0.25) is 0 Å². The van der Waals surface area contributed by atoms with E-state index < -0.39 is 17.1 Å². The molecule has 1 fully saturated rings. The van der Waals surface area contributed by atoms with Crippen molar-refractivity contribution in [2.24, 2.45) is 0 Å². The molecule has 0 saturated heterocycles. The summed E-state index contributed by atoms with van der Waals surface area (Å²) in [7, 11) is 0. The van der Waals surface area contributed by atoms with Crippen molar-refractivity contribution in [2.75, 3.05) is 6.54 Å². The fraction of sp³-hybridized carbons (Fsp3) is 0.923. The van der Waals surface area contributed by atoms with Crippen LogP contribution in [0, 0.1) is 0 Å². The van der Waals surface area contributed by atoms with Crippen LogP contribution in [0.1, 0.15) is 58.8 Å². The zero-order chi connectivity index (χ0) is 12.9. The zero-order valence-corrected chi connectivity index (χ0v) is 11.0. The molecular weight excluding hydrogens is 218 g/mol. The molecule has 1 aliphatic carbocycles. The molecular formula is C13H25NO3. The minimum atomic E-state index is -0.915. The lowest BCUT2D eigenvalue weighted by Gasteiger charge is -2.36. The van der Waals surface area contributed by atoms with Crippen molar-refractivity contribution in [3.05, 3.63) is 0 Å². The van der Waals surface area contributed by atoms with E-state index >= 15 is 0 Å². The summed E-state index contributed by atoms with van der Waals surface area (Å²) < 4.78 is 0. The summed E-state index contributed by atoms with van der Waals surface area (Å²) >= 11 is 0. The molecule has 0 radical (unpaired) electrons. The van der Waals surface area contributed by atoms with Gasteiger partial charge < -0.3 is 10.2 Å². The maximum atomic E-state index is 11.2. The summed E-state index contributed by atoms with van der Waals surface area (Å²) in [5.74, 6) is -0.834. The predicted octanol–water partition coefficient (Wildman–Crippen LogP) is 1.91. The number of carbonyl (C=O) groups is 1. The van der Waals surface area contributed by atoms with Crippen molar-refractivity contribution in [3.8, 4) is 0 Å². The second-order valence-corrected chi connectivity index (χ2v) is 5.53. The first-order valence-electron chi connectivity index (χ1n) is 6.63. The summed E-state index contributed by atoms with van der Waals surface area (Å²) in [4.78, 5) is 11.2. The highest BCUT2D eigenvalue weighted by Gasteiger charge is 2.36. The largest absolute Gasteiger partial charge is 0.480 e. The number of carboxylic acid groups (broad SMARTS) is 1. The van der Waals surface area contributed by atoms with E-state index in [2.05, 4.69) is 5.32 Å². The average molecular weight is 243 g/mol. The van der Waals surface area contributed by atoms with Gasteiger partial charge in [0, 0.05) is 6.54 Å². The molecule has 0 bridgehead atoms. The van der Waals surface area contributed by atoms with Crippen LogP contribution in [-0.2, 0) is 4.79 Å². The second kappa shape index (κ2) is 5.83. The van der Waals surface area contributed by atoms with Gasteiger partial charge in [-0.3, -0.25) is 10.1 Å². The predicted molar refractivity (Wildman–Crippen MR) is 67.0 cm³/mol. The lowest BCUT2D eigenvalue weighted by Crippen LogP contribution is -2.55. The Labute approximate surface area is 103 Å². The van der Waals surface area contributed by atoms with Crippen LogP contribution in [0.15, 0.2) is 0 Å². The molecule has 0 heterocycles. The first-order chi connectivity index (χ1) is 7.92. The molecule has 0 aliphatic heterocycles. The topological polar surface area (TPSA) is 69.6 Å². The SMILES string of the molecule is CCCC(C)(NCC1(O)CCCCC1)C(=O)O. The van der Waals surface area contributed by atoms with Gasteiger partial charge >= 0.3 is 5.97 Å². The fourth-order valence-corrected chi connectivity index (χ4v) is 2.52. The molecule has 0 aromatic carbocycles. The average Bonchev–Trinajstić information content (AvgIpc) is 2.28. The summed E-state index contributed by atoms with van der Waals surface area (Å²) in [5, 5.41) is 22.6. The first kappa shape index (κ1) is 14.5. The molecule has 0 spiro atoms. The van der Waals surface area contributed by atoms with Gasteiger partial charge in [-0.1, -0.05) is 32.6 Å². The first-order valence-corrected chi connectivity index (χ1v) is 6.63. The normalized spacial score (nSPS) is 23.0. The molecule has 4 nitrogen and oxygen atoms in total. The van der Waals surface area contributed by atoms with Gasteiger partial charge in [-0.25, -0.2) is 0 Å². The van der Waals surface area contributed by atoms with Crippen molar-refractivity contribution < 1.29 is 15.0 Å². The van der Waals surface area contributed by atoms with Gasteiger partial charge in [-0.2, -0.15) is 0 Å². The van der Waals surface area contributed by atoms with Crippen molar-refractivity contribution >= 4 is 5.97 Å². The van der Waals surface area contributed by atoms with Crippen LogP contribution in [0.25, 0.3) is 0 Å². The molecule has 17 heavy (non-hydrogen) atoms. The molecule has 3 N–H and O–H groups in total. The summed E-state index contributed by atoms with van der Waals surface area (Å²) in [6.45, 7) is 4.05. The maximum absolute atomic E-state index is 11.2. The highest BCUT2D eigenvalue weighted by Crippen LogP contribution is 2.28. The van der Waals surface area contributed by atoms with E-state index in [0.29, 0.717) is 13.0 Å². The van der Waals surface area contributed by atoms with Crippen molar-refractivity contribution in [3.63, 3.8) is 0 Å². The number of aliphatic hydroxyl groups is 1. The minimum absolute atomic E-state index is 0.385. The zero-order valence-electron chi connectivity index (χ0n) is 11.0. The lowest BCUT2D eigenvalue weighted by molar-refractivity contribution is -0.145. The van der Waals surface area contributed by atoms with Gasteiger partial charge in [-0.05, 0) is 26.2 Å². The molecule has 1 unspecified atom stereocenters. The Morgan fingerprint density at radius 2 is 1.94 bits per heavy atom. The van der Waals surface area contributed by atoms with Gasteiger partial charge in [0.05, 0.1) is 5.60 Å². The molecule has 1 atom stereocenters. The van der Waals surface area contributed by atoms with Gasteiger partial charge in [-0.15, -0.1) is 0 Å². The highest BCUT2D eigenvalue weighted by atomic mass is 16.4.